The molecule has 1 fully saturated rings. The molecule has 1 aliphatic carbocycles. The van der Waals surface area contributed by atoms with Gasteiger partial charge in [-0.3, -0.25) is 9.20 Å². The fraction of sp³-hybridized carbons (Fsp3) is 0.409. The Morgan fingerprint density at radius 1 is 1.26 bits per heavy atom. The van der Waals surface area contributed by atoms with E-state index in [1.165, 1.54) is 0 Å². The van der Waals surface area contributed by atoms with Crippen LogP contribution in [0.25, 0.3) is 27.8 Å². The van der Waals surface area contributed by atoms with E-state index >= 15 is 0 Å². The Kier molecular flexibility index (Phi) is 4.60. The number of pyridine rings is 1. The van der Waals surface area contributed by atoms with Crippen LogP contribution in [0.2, 0.25) is 0 Å². The van der Waals surface area contributed by atoms with Crippen LogP contribution in [0.3, 0.4) is 0 Å². The molecule has 0 unspecified atom stereocenters. The highest BCUT2D eigenvalue weighted by Crippen LogP contribution is 2.31. The predicted molar refractivity (Wildman–Crippen MR) is 119 cm³/mol. The molecular formula is C22H26N8O. The van der Waals surface area contributed by atoms with Gasteiger partial charge in [0, 0.05) is 53.6 Å². The summed E-state index contributed by atoms with van der Waals surface area (Å²) in [6, 6.07) is 4.29. The van der Waals surface area contributed by atoms with E-state index in [2.05, 4.69) is 37.7 Å². The molecular weight excluding hydrogens is 392 g/mol. The van der Waals surface area contributed by atoms with E-state index in [1.807, 2.05) is 42.0 Å². The van der Waals surface area contributed by atoms with Gasteiger partial charge in [0.05, 0.1) is 0 Å². The highest BCUT2D eigenvalue weighted by Gasteiger charge is 2.31. The predicted octanol–water partition coefficient (Wildman–Crippen LogP) is 3.23. The molecule has 4 aromatic heterocycles. The average Bonchev–Trinajstić information content (AvgIpc) is 3.32. The van der Waals surface area contributed by atoms with Crippen LogP contribution >= 0.6 is 0 Å². The Morgan fingerprint density at radius 2 is 2.06 bits per heavy atom. The number of anilines is 1. The number of carbonyl (C=O) groups is 1. The number of hydrogen-bond donors (Lipinski definition) is 3. The van der Waals surface area contributed by atoms with E-state index in [9.17, 15) is 4.79 Å². The van der Waals surface area contributed by atoms with Crippen molar-refractivity contribution in [2.24, 2.45) is 0 Å². The first-order valence-electron chi connectivity index (χ1n) is 10.6. The van der Waals surface area contributed by atoms with E-state index < -0.39 is 0 Å². The summed E-state index contributed by atoms with van der Waals surface area (Å²) in [6.07, 6.45) is 9.66. The lowest BCUT2D eigenvalue weighted by molar-refractivity contribution is -0.121. The van der Waals surface area contributed by atoms with E-state index in [-0.39, 0.29) is 11.4 Å². The number of amides is 1. The number of hydrogen-bond acceptors (Lipinski definition) is 6. The summed E-state index contributed by atoms with van der Waals surface area (Å²) in [5, 5.41) is 15.8. The van der Waals surface area contributed by atoms with Crippen LogP contribution in [0.5, 0.6) is 0 Å². The number of H-pyrrole nitrogens is 1. The molecule has 9 heteroatoms. The quantitative estimate of drug-likeness (QED) is 0.469. The minimum atomic E-state index is -0.118. The van der Waals surface area contributed by atoms with Crippen molar-refractivity contribution >= 4 is 28.5 Å². The van der Waals surface area contributed by atoms with Gasteiger partial charge < -0.3 is 15.6 Å². The van der Waals surface area contributed by atoms with Gasteiger partial charge in [0.25, 0.3) is 0 Å². The SMILES string of the molecule is CC(=O)N[C@]1(C)CC[C@@H](Nc2ncc3c(-c4ccc5nnc(C)n5c4)c[nH]c3n2)CC1. The molecule has 0 atom stereocenters. The van der Waals surface area contributed by atoms with Crippen molar-refractivity contribution in [2.45, 2.75) is 58.0 Å². The van der Waals surface area contributed by atoms with Crippen molar-refractivity contribution in [2.75, 3.05) is 5.32 Å². The van der Waals surface area contributed by atoms with Crippen LogP contribution in [0.1, 0.15) is 45.4 Å². The molecule has 4 heterocycles. The highest BCUT2D eigenvalue weighted by molar-refractivity contribution is 5.93. The van der Waals surface area contributed by atoms with E-state index in [1.54, 1.807) is 6.92 Å². The highest BCUT2D eigenvalue weighted by atomic mass is 16.1. The standard InChI is InChI=1S/C22H26N8O/c1-13-28-29-19-5-4-15(12-30(13)19)17-10-23-20-18(17)11-24-21(26-20)25-16-6-8-22(3,9-7-16)27-14(2)31/h4-5,10-12,16H,6-9H2,1-3H3,(H,27,31)(H2,23,24,25,26)/t16-,22-. The van der Waals surface area contributed by atoms with Crippen molar-refractivity contribution in [1.29, 1.82) is 0 Å². The van der Waals surface area contributed by atoms with Gasteiger partial charge in [-0.25, -0.2) is 4.98 Å². The van der Waals surface area contributed by atoms with E-state index in [0.717, 1.165) is 59.3 Å². The molecule has 5 rings (SSSR count). The molecule has 1 amide bonds. The lowest BCUT2D eigenvalue weighted by Gasteiger charge is -2.38. The second kappa shape index (κ2) is 7.33. The van der Waals surface area contributed by atoms with Gasteiger partial charge in [-0.1, -0.05) is 0 Å². The molecule has 0 aliphatic heterocycles. The number of rotatable bonds is 4. The fourth-order valence-electron chi connectivity index (χ4n) is 4.51. The maximum Gasteiger partial charge on any atom is 0.224 e. The minimum absolute atomic E-state index is 0.0313. The first-order valence-corrected chi connectivity index (χ1v) is 10.6. The normalized spacial score (nSPS) is 21.5. The van der Waals surface area contributed by atoms with Gasteiger partial charge in [0.1, 0.15) is 11.5 Å². The van der Waals surface area contributed by atoms with Crippen molar-refractivity contribution in [3.63, 3.8) is 0 Å². The van der Waals surface area contributed by atoms with Crippen molar-refractivity contribution in [3.8, 4) is 11.1 Å². The zero-order valence-electron chi connectivity index (χ0n) is 17.9. The number of aryl methyl sites for hydroxylation is 1. The van der Waals surface area contributed by atoms with Crippen LogP contribution in [0.15, 0.2) is 30.7 Å². The largest absolute Gasteiger partial charge is 0.351 e. The summed E-state index contributed by atoms with van der Waals surface area (Å²) in [4.78, 5) is 24.0. The van der Waals surface area contributed by atoms with Crippen LogP contribution < -0.4 is 10.6 Å². The van der Waals surface area contributed by atoms with Gasteiger partial charge in [-0.15, -0.1) is 10.2 Å². The lowest BCUT2D eigenvalue weighted by atomic mass is 9.81. The van der Waals surface area contributed by atoms with Crippen LogP contribution in [-0.4, -0.2) is 47.0 Å². The number of aromatic nitrogens is 6. The third-order valence-corrected chi connectivity index (χ3v) is 6.22. The van der Waals surface area contributed by atoms with E-state index in [0.29, 0.717) is 12.0 Å². The molecule has 4 aromatic rings. The van der Waals surface area contributed by atoms with Crippen molar-refractivity contribution in [3.05, 3.63) is 36.5 Å². The van der Waals surface area contributed by atoms with Crippen molar-refractivity contribution < 1.29 is 4.79 Å². The van der Waals surface area contributed by atoms with Crippen molar-refractivity contribution in [1.82, 2.24) is 34.9 Å². The minimum Gasteiger partial charge on any atom is -0.351 e. The summed E-state index contributed by atoms with van der Waals surface area (Å²) >= 11 is 0. The Labute approximate surface area is 179 Å². The van der Waals surface area contributed by atoms with Gasteiger partial charge in [-0.05, 0) is 51.7 Å². The molecule has 160 valence electrons. The summed E-state index contributed by atoms with van der Waals surface area (Å²) in [7, 11) is 0. The smallest absolute Gasteiger partial charge is 0.224 e. The average molecular weight is 419 g/mol. The molecule has 1 saturated carbocycles. The molecule has 0 radical (unpaired) electrons. The Bertz CT molecular complexity index is 1270. The third-order valence-electron chi connectivity index (χ3n) is 6.22. The molecule has 3 N–H and O–H groups in total. The maximum absolute atomic E-state index is 11.4. The number of nitrogens with zero attached hydrogens (tertiary/aromatic N) is 5. The molecule has 0 saturated heterocycles. The molecule has 1 aliphatic rings. The fourth-order valence-corrected chi connectivity index (χ4v) is 4.51. The van der Waals surface area contributed by atoms with Gasteiger partial charge in [-0.2, -0.15) is 4.98 Å². The zero-order chi connectivity index (χ0) is 21.6. The second-order valence-corrected chi connectivity index (χ2v) is 8.71. The van der Waals surface area contributed by atoms with E-state index in [4.69, 9.17) is 4.98 Å². The van der Waals surface area contributed by atoms with Gasteiger partial charge >= 0.3 is 0 Å². The number of nitrogens with one attached hydrogen (secondary N) is 3. The molecule has 0 aromatic carbocycles. The zero-order valence-corrected chi connectivity index (χ0v) is 17.9. The summed E-state index contributed by atoms with van der Waals surface area (Å²) in [5.74, 6) is 1.50. The van der Waals surface area contributed by atoms with Gasteiger partial charge in [0.2, 0.25) is 11.9 Å². The Hall–Kier alpha value is -3.49. The first kappa shape index (κ1) is 19.5. The molecule has 0 bridgehead atoms. The summed E-state index contributed by atoms with van der Waals surface area (Å²) < 4.78 is 1.97. The topological polar surface area (TPSA) is 113 Å². The summed E-state index contributed by atoms with van der Waals surface area (Å²) in [6.45, 7) is 5.63. The molecule has 9 nitrogen and oxygen atoms in total. The maximum atomic E-state index is 11.4. The number of aromatic amines is 1. The summed E-state index contributed by atoms with van der Waals surface area (Å²) in [5.41, 5.74) is 3.60. The third kappa shape index (κ3) is 3.71. The lowest BCUT2D eigenvalue weighted by Crippen LogP contribution is -2.49. The van der Waals surface area contributed by atoms with Gasteiger partial charge in [0.15, 0.2) is 5.65 Å². The molecule has 31 heavy (non-hydrogen) atoms. The number of carbonyl (C=O) groups excluding carboxylic acids is 1. The van der Waals surface area contributed by atoms with Crippen LogP contribution in [-0.2, 0) is 4.79 Å². The monoisotopic (exact) mass is 418 g/mol. The first-order chi connectivity index (χ1) is 14.9. The van der Waals surface area contributed by atoms with Crippen LogP contribution in [0, 0.1) is 6.92 Å². The Balaban J connectivity index is 1.34. The Morgan fingerprint density at radius 3 is 2.84 bits per heavy atom. The number of fused-ring (bicyclic) bond motifs is 2. The molecule has 0 spiro atoms. The van der Waals surface area contributed by atoms with Crippen LogP contribution in [0.4, 0.5) is 5.95 Å². The second-order valence-electron chi connectivity index (χ2n) is 8.71.